The molecule has 38 heavy (non-hydrogen) atoms. The van der Waals surface area contributed by atoms with E-state index >= 15 is 0 Å². The number of aryl methyl sites for hydroxylation is 1. The predicted octanol–water partition coefficient (Wildman–Crippen LogP) is 8.86. The first-order chi connectivity index (χ1) is 18.0. The number of carbonyl (C=O) groups is 2. The fraction of sp³-hybridized carbons (Fsp3) is 0.148. The summed E-state index contributed by atoms with van der Waals surface area (Å²) in [6, 6.07) is 17.5. The first-order valence-electron chi connectivity index (χ1n) is 11.3. The topological polar surface area (TPSA) is 71.1 Å². The van der Waals surface area contributed by atoms with Crippen molar-refractivity contribution < 1.29 is 9.59 Å². The average molecular weight is 626 g/mol. The van der Waals surface area contributed by atoms with Crippen molar-refractivity contribution in [2.75, 3.05) is 10.6 Å². The van der Waals surface area contributed by atoms with Gasteiger partial charge in [-0.15, -0.1) is 34.5 Å². The van der Waals surface area contributed by atoms with Gasteiger partial charge in [-0.25, -0.2) is 4.98 Å². The van der Waals surface area contributed by atoms with Crippen molar-refractivity contribution >= 4 is 92.0 Å². The predicted molar refractivity (Wildman–Crippen MR) is 157 cm³/mol. The standard InChI is InChI=1S/C27H18Cl5N3O2S/c1-13-2-4-14(5-3-13)21-12-38-26(34-21)35-24(36)19-11-18(6-7-20(19)30)33-25(37)23-22(27(23,31)32)15-8-16(28)10-17(29)9-15/h2-12,22-23H,1H3,(H,33,37)(H,34,35,36). The second-order valence-electron chi connectivity index (χ2n) is 8.87. The number of halogens is 5. The Morgan fingerprint density at radius 3 is 2.29 bits per heavy atom. The Kier molecular flexibility index (Phi) is 7.66. The number of amides is 2. The Bertz CT molecular complexity index is 1530. The minimum atomic E-state index is -1.33. The van der Waals surface area contributed by atoms with E-state index in [0.29, 0.717) is 26.4 Å². The van der Waals surface area contributed by atoms with Gasteiger partial charge in [0.1, 0.15) is 4.33 Å². The molecular weight excluding hydrogens is 608 g/mol. The van der Waals surface area contributed by atoms with E-state index in [1.807, 2.05) is 36.6 Å². The lowest BCUT2D eigenvalue weighted by atomic mass is 10.1. The van der Waals surface area contributed by atoms with Crippen LogP contribution in [-0.4, -0.2) is 21.1 Å². The zero-order chi connectivity index (χ0) is 27.2. The third kappa shape index (κ3) is 5.67. The first kappa shape index (κ1) is 27.3. The van der Waals surface area contributed by atoms with Gasteiger partial charge >= 0.3 is 0 Å². The number of alkyl halides is 2. The van der Waals surface area contributed by atoms with Gasteiger partial charge in [-0.3, -0.25) is 14.9 Å². The first-order valence-corrected chi connectivity index (χ1v) is 14.1. The molecule has 1 saturated carbocycles. The van der Waals surface area contributed by atoms with E-state index in [9.17, 15) is 9.59 Å². The van der Waals surface area contributed by atoms with Crippen LogP contribution in [0.3, 0.4) is 0 Å². The summed E-state index contributed by atoms with van der Waals surface area (Å²) in [5, 5.41) is 8.90. The lowest BCUT2D eigenvalue weighted by Crippen LogP contribution is -2.18. The number of rotatable bonds is 6. The monoisotopic (exact) mass is 623 g/mol. The normalized spacial score (nSPS) is 17.6. The summed E-state index contributed by atoms with van der Waals surface area (Å²) >= 11 is 32.7. The van der Waals surface area contributed by atoms with Crippen molar-refractivity contribution in [3.63, 3.8) is 0 Å². The van der Waals surface area contributed by atoms with Gasteiger partial charge in [-0.1, -0.05) is 64.6 Å². The zero-order valence-corrected chi connectivity index (χ0v) is 24.2. The molecule has 11 heteroatoms. The molecule has 0 spiro atoms. The van der Waals surface area contributed by atoms with Crippen LogP contribution < -0.4 is 10.6 Å². The number of thiazole rings is 1. The molecule has 0 bridgehead atoms. The van der Waals surface area contributed by atoms with E-state index in [2.05, 4.69) is 15.6 Å². The van der Waals surface area contributed by atoms with Gasteiger partial charge in [0.2, 0.25) is 5.91 Å². The highest BCUT2D eigenvalue weighted by Crippen LogP contribution is 2.65. The van der Waals surface area contributed by atoms with E-state index in [1.54, 1.807) is 24.3 Å². The summed E-state index contributed by atoms with van der Waals surface area (Å²) in [6.07, 6.45) is 0. The minimum absolute atomic E-state index is 0.175. The molecule has 5 nitrogen and oxygen atoms in total. The Balaban J connectivity index is 1.29. The molecule has 1 heterocycles. The quantitative estimate of drug-likeness (QED) is 0.210. The summed E-state index contributed by atoms with van der Waals surface area (Å²) in [6.45, 7) is 2.01. The van der Waals surface area contributed by atoms with Crippen LogP contribution in [0.2, 0.25) is 15.1 Å². The summed E-state index contributed by atoms with van der Waals surface area (Å²) < 4.78 is -1.33. The second kappa shape index (κ2) is 10.7. The van der Waals surface area contributed by atoms with Crippen LogP contribution in [0.4, 0.5) is 10.8 Å². The van der Waals surface area contributed by atoms with E-state index in [-0.39, 0.29) is 10.6 Å². The van der Waals surface area contributed by atoms with Crippen molar-refractivity contribution in [2.45, 2.75) is 17.2 Å². The molecule has 2 amide bonds. The van der Waals surface area contributed by atoms with Crippen LogP contribution >= 0.6 is 69.3 Å². The third-order valence-corrected chi connectivity index (χ3v) is 8.59. The van der Waals surface area contributed by atoms with Crippen molar-refractivity contribution in [3.8, 4) is 11.3 Å². The van der Waals surface area contributed by atoms with Crippen LogP contribution in [0, 0.1) is 12.8 Å². The van der Waals surface area contributed by atoms with E-state index in [4.69, 9.17) is 58.0 Å². The second-order valence-corrected chi connectivity index (χ2v) is 12.5. The summed E-state index contributed by atoms with van der Waals surface area (Å²) in [5.41, 5.74) is 4.05. The van der Waals surface area contributed by atoms with Gasteiger partial charge < -0.3 is 5.32 Å². The van der Waals surface area contributed by atoms with Gasteiger partial charge in [0.15, 0.2) is 5.13 Å². The SMILES string of the molecule is Cc1ccc(-c2csc(NC(=O)c3cc(NC(=O)C4C(c5cc(Cl)cc(Cl)c5)C4(Cl)Cl)ccc3Cl)n2)cc1. The maximum Gasteiger partial charge on any atom is 0.259 e. The van der Waals surface area contributed by atoms with Gasteiger partial charge in [-0.05, 0) is 48.9 Å². The summed E-state index contributed by atoms with van der Waals surface area (Å²) in [5.74, 6) is -2.11. The molecule has 4 aromatic rings. The van der Waals surface area contributed by atoms with Crippen molar-refractivity contribution in [2.24, 2.45) is 5.92 Å². The highest BCUT2D eigenvalue weighted by Gasteiger charge is 2.67. The molecule has 1 fully saturated rings. The molecule has 0 aliphatic heterocycles. The fourth-order valence-corrected chi connectivity index (χ4v) is 6.46. The summed E-state index contributed by atoms with van der Waals surface area (Å²) in [4.78, 5) is 30.6. The molecule has 1 aliphatic rings. The van der Waals surface area contributed by atoms with Gasteiger partial charge in [0, 0.05) is 32.6 Å². The van der Waals surface area contributed by atoms with E-state index in [1.165, 1.54) is 23.5 Å². The van der Waals surface area contributed by atoms with Crippen LogP contribution in [0.5, 0.6) is 0 Å². The molecule has 5 rings (SSSR count). The Morgan fingerprint density at radius 1 is 0.921 bits per heavy atom. The lowest BCUT2D eigenvalue weighted by molar-refractivity contribution is -0.117. The molecule has 194 valence electrons. The number of hydrogen-bond acceptors (Lipinski definition) is 4. The van der Waals surface area contributed by atoms with Gasteiger partial charge in [0.05, 0.1) is 22.2 Å². The molecule has 2 N–H and O–H groups in total. The number of nitrogens with one attached hydrogen (secondary N) is 2. The highest BCUT2D eigenvalue weighted by atomic mass is 35.5. The number of hydrogen-bond donors (Lipinski definition) is 2. The highest BCUT2D eigenvalue weighted by molar-refractivity contribution is 7.14. The molecule has 0 radical (unpaired) electrons. The fourth-order valence-electron chi connectivity index (χ4n) is 4.17. The molecule has 2 atom stereocenters. The van der Waals surface area contributed by atoms with Gasteiger partial charge in [-0.2, -0.15) is 0 Å². The third-order valence-electron chi connectivity index (χ3n) is 6.13. The van der Waals surface area contributed by atoms with Crippen molar-refractivity contribution in [3.05, 3.63) is 97.8 Å². The number of benzene rings is 3. The van der Waals surface area contributed by atoms with Crippen LogP contribution in [0.15, 0.2) is 66.0 Å². The molecule has 2 unspecified atom stereocenters. The molecule has 1 aromatic heterocycles. The number of aromatic nitrogens is 1. The maximum absolute atomic E-state index is 13.1. The van der Waals surface area contributed by atoms with E-state index < -0.39 is 28.0 Å². The molecule has 3 aromatic carbocycles. The van der Waals surface area contributed by atoms with E-state index in [0.717, 1.165) is 16.8 Å². The molecule has 0 saturated heterocycles. The largest absolute Gasteiger partial charge is 0.326 e. The lowest BCUT2D eigenvalue weighted by Gasteiger charge is -2.09. The van der Waals surface area contributed by atoms with Crippen LogP contribution in [0.25, 0.3) is 11.3 Å². The van der Waals surface area contributed by atoms with Crippen LogP contribution in [0.1, 0.15) is 27.4 Å². The average Bonchev–Trinajstić information content (AvgIpc) is 3.16. The Morgan fingerprint density at radius 2 is 1.61 bits per heavy atom. The number of nitrogens with zero attached hydrogens (tertiary/aromatic N) is 1. The van der Waals surface area contributed by atoms with Crippen molar-refractivity contribution in [1.29, 1.82) is 0 Å². The Labute approximate surface area is 248 Å². The maximum atomic E-state index is 13.1. The molecule has 1 aliphatic carbocycles. The number of carbonyl (C=O) groups excluding carboxylic acids is 2. The zero-order valence-electron chi connectivity index (χ0n) is 19.6. The summed E-state index contributed by atoms with van der Waals surface area (Å²) in [7, 11) is 0. The van der Waals surface area contributed by atoms with Crippen LogP contribution in [-0.2, 0) is 4.79 Å². The molecular formula is C27H18Cl5N3O2S. The Hall–Kier alpha value is -2.32. The minimum Gasteiger partial charge on any atom is -0.326 e. The van der Waals surface area contributed by atoms with Crippen molar-refractivity contribution in [1.82, 2.24) is 4.98 Å². The number of anilines is 2. The van der Waals surface area contributed by atoms with Gasteiger partial charge in [0.25, 0.3) is 5.91 Å². The smallest absolute Gasteiger partial charge is 0.259 e.